The quantitative estimate of drug-likeness (QED) is 0.768. The van der Waals surface area contributed by atoms with Gasteiger partial charge in [-0.05, 0) is 30.5 Å². The van der Waals surface area contributed by atoms with E-state index in [1.807, 2.05) is 24.3 Å². The first-order chi connectivity index (χ1) is 8.58. The molecule has 1 aromatic rings. The standard InChI is InChI=1S/C14H15NO3/c15-13(16)5-1-3-11-7-9-12(10-8-11)4-2-6-14(17)18/h7-10H,2,4-6H2,(H2,15,16)(H,17,18). The third kappa shape index (κ3) is 5.71. The summed E-state index contributed by atoms with van der Waals surface area (Å²) in [4.78, 5) is 20.8. The molecular weight excluding hydrogens is 230 g/mol. The van der Waals surface area contributed by atoms with Gasteiger partial charge in [0.05, 0.1) is 6.42 Å². The Morgan fingerprint density at radius 3 is 2.44 bits per heavy atom. The van der Waals surface area contributed by atoms with Gasteiger partial charge in [-0.3, -0.25) is 9.59 Å². The van der Waals surface area contributed by atoms with Crippen LogP contribution in [0.3, 0.4) is 0 Å². The number of benzene rings is 1. The van der Waals surface area contributed by atoms with E-state index in [2.05, 4.69) is 11.8 Å². The highest BCUT2D eigenvalue weighted by Crippen LogP contribution is 2.07. The van der Waals surface area contributed by atoms with Crippen molar-refractivity contribution in [1.29, 1.82) is 0 Å². The summed E-state index contributed by atoms with van der Waals surface area (Å²) in [6, 6.07) is 7.53. The number of primary amides is 1. The summed E-state index contributed by atoms with van der Waals surface area (Å²) in [5, 5.41) is 8.52. The number of carbonyl (C=O) groups excluding carboxylic acids is 1. The van der Waals surface area contributed by atoms with E-state index in [0.29, 0.717) is 6.42 Å². The van der Waals surface area contributed by atoms with Crippen LogP contribution >= 0.6 is 0 Å². The summed E-state index contributed by atoms with van der Waals surface area (Å²) in [6.07, 6.45) is 1.60. The average molecular weight is 245 g/mol. The smallest absolute Gasteiger partial charge is 0.303 e. The largest absolute Gasteiger partial charge is 0.481 e. The molecule has 4 nitrogen and oxygen atoms in total. The SMILES string of the molecule is NC(=O)CC#Cc1ccc(CCCC(=O)O)cc1. The fraction of sp³-hybridized carbons (Fsp3) is 0.286. The summed E-state index contributed by atoms with van der Waals surface area (Å²) in [5.41, 5.74) is 6.87. The fourth-order valence-electron chi connectivity index (χ4n) is 1.43. The number of carboxylic acid groups (broad SMARTS) is 1. The Hall–Kier alpha value is -2.28. The Bertz CT molecular complexity index is 480. The molecule has 18 heavy (non-hydrogen) atoms. The lowest BCUT2D eigenvalue weighted by atomic mass is 10.1. The fourth-order valence-corrected chi connectivity index (χ4v) is 1.43. The van der Waals surface area contributed by atoms with Crippen molar-refractivity contribution in [3.63, 3.8) is 0 Å². The lowest BCUT2D eigenvalue weighted by molar-refractivity contribution is -0.137. The number of carboxylic acids is 1. The number of amides is 1. The van der Waals surface area contributed by atoms with E-state index in [4.69, 9.17) is 10.8 Å². The van der Waals surface area contributed by atoms with E-state index in [0.717, 1.165) is 17.5 Å². The molecule has 0 fully saturated rings. The molecule has 1 rings (SSSR count). The van der Waals surface area contributed by atoms with Crippen LogP contribution in [-0.2, 0) is 16.0 Å². The highest BCUT2D eigenvalue weighted by Gasteiger charge is 1.98. The Labute approximate surface area is 106 Å². The van der Waals surface area contributed by atoms with Crippen molar-refractivity contribution in [2.24, 2.45) is 5.73 Å². The van der Waals surface area contributed by atoms with Crippen LogP contribution in [0.2, 0.25) is 0 Å². The molecule has 0 saturated carbocycles. The molecule has 0 aliphatic carbocycles. The van der Waals surface area contributed by atoms with Gasteiger partial charge >= 0.3 is 5.97 Å². The second-order valence-electron chi connectivity index (χ2n) is 3.89. The van der Waals surface area contributed by atoms with Crippen molar-refractivity contribution >= 4 is 11.9 Å². The van der Waals surface area contributed by atoms with Crippen molar-refractivity contribution in [2.75, 3.05) is 0 Å². The van der Waals surface area contributed by atoms with Crippen LogP contribution in [0, 0.1) is 11.8 Å². The van der Waals surface area contributed by atoms with Crippen LogP contribution in [0.15, 0.2) is 24.3 Å². The summed E-state index contributed by atoms with van der Waals surface area (Å²) >= 11 is 0. The number of nitrogens with two attached hydrogens (primary N) is 1. The van der Waals surface area contributed by atoms with Gasteiger partial charge in [0.1, 0.15) is 0 Å². The molecule has 0 aromatic heterocycles. The van der Waals surface area contributed by atoms with Gasteiger partial charge in [0, 0.05) is 12.0 Å². The third-order valence-electron chi connectivity index (χ3n) is 2.31. The van der Waals surface area contributed by atoms with E-state index >= 15 is 0 Å². The number of hydrogen-bond donors (Lipinski definition) is 2. The van der Waals surface area contributed by atoms with Crippen LogP contribution in [0.1, 0.15) is 30.4 Å². The van der Waals surface area contributed by atoms with Crippen molar-refractivity contribution in [3.05, 3.63) is 35.4 Å². The maximum atomic E-state index is 10.5. The van der Waals surface area contributed by atoms with Crippen LogP contribution in [-0.4, -0.2) is 17.0 Å². The Kier molecular flexibility index (Phi) is 5.46. The van der Waals surface area contributed by atoms with Crippen molar-refractivity contribution in [2.45, 2.75) is 25.7 Å². The minimum atomic E-state index is -0.774. The molecule has 0 aliphatic rings. The maximum absolute atomic E-state index is 10.5. The normalized spacial score (nSPS) is 9.33. The van der Waals surface area contributed by atoms with E-state index in [1.165, 1.54) is 0 Å². The predicted molar refractivity (Wildman–Crippen MR) is 67.7 cm³/mol. The van der Waals surface area contributed by atoms with Crippen molar-refractivity contribution in [1.82, 2.24) is 0 Å². The molecule has 0 heterocycles. The Morgan fingerprint density at radius 2 is 1.89 bits per heavy atom. The Balaban J connectivity index is 2.48. The molecule has 0 radical (unpaired) electrons. The van der Waals surface area contributed by atoms with E-state index in [1.54, 1.807) is 0 Å². The molecule has 1 aromatic carbocycles. The number of hydrogen-bond acceptors (Lipinski definition) is 2. The summed E-state index contributed by atoms with van der Waals surface area (Å²) < 4.78 is 0. The monoisotopic (exact) mass is 245 g/mol. The molecule has 3 N–H and O–H groups in total. The first kappa shape index (κ1) is 13.8. The highest BCUT2D eigenvalue weighted by molar-refractivity contribution is 5.76. The van der Waals surface area contributed by atoms with Gasteiger partial charge in [0.2, 0.25) is 5.91 Å². The molecule has 0 saturated heterocycles. The molecular formula is C14H15NO3. The van der Waals surface area contributed by atoms with Crippen LogP contribution in [0.4, 0.5) is 0 Å². The number of aryl methyl sites for hydroxylation is 1. The average Bonchev–Trinajstić information content (AvgIpc) is 2.30. The topological polar surface area (TPSA) is 80.4 Å². The highest BCUT2D eigenvalue weighted by atomic mass is 16.4. The number of carbonyl (C=O) groups is 2. The summed E-state index contributed by atoms with van der Waals surface area (Å²) in [7, 11) is 0. The lowest BCUT2D eigenvalue weighted by Crippen LogP contribution is -2.08. The van der Waals surface area contributed by atoms with E-state index in [9.17, 15) is 9.59 Å². The van der Waals surface area contributed by atoms with Gasteiger partial charge in [-0.15, -0.1) is 0 Å². The minimum Gasteiger partial charge on any atom is -0.481 e. The van der Waals surface area contributed by atoms with Gasteiger partial charge in [-0.1, -0.05) is 24.0 Å². The van der Waals surface area contributed by atoms with Crippen molar-refractivity contribution < 1.29 is 14.7 Å². The summed E-state index contributed by atoms with van der Waals surface area (Å²) in [6.45, 7) is 0. The van der Waals surface area contributed by atoms with E-state index < -0.39 is 11.9 Å². The molecule has 0 aliphatic heterocycles. The Morgan fingerprint density at radius 1 is 1.22 bits per heavy atom. The first-order valence-electron chi connectivity index (χ1n) is 5.66. The van der Waals surface area contributed by atoms with Gasteiger partial charge in [0.25, 0.3) is 0 Å². The molecule has 1 amide bonds. The van der Waals surface area contributed by atoms with Gasteiger partial charge in [-0.2, -0.15) is 0 Å². The molecule has 0 spiro atoms. The van der Waals surface area contributed by atoms with Gasteiger partial charge in [-0.25, -0.2) is 0 Å². The maximum Gasteiger partial charge on any atom is 0.303 e. The predicted octanol–water partition coefficient (Wildman–Crippen LogP) is 1.32. The van der Waals surface area contributed by atoms with Crippen molar-refractivity contribution in [3.8, 4) is 11.8 Å². The molecule has 4 heteroatoms. The van der Waals surface area contributed by atoms with E-state index in [-0.39, 0.29) is 12.8 Å². The zero-order valence-electron chi connectivity index (χ0n) is 9.98. The summed E-state index contributed by atoms with van der Waals surface area (Å²) in [5.74, 6) is 4.30. The molecule has 0 bridgehead atoms. The minimum absolute atomic E-state index is 0.0559. The van der Waals surface area contributed by atoms with Crippen LogP contribution < -0.4 is 5.73 Å². The number of rotatable bonds is 5. The van der Waals surface area contributed by atoms with Gasteiger partial charge < -0.3 is 10.8 Å². The van der Waals surface area contributed by atoms with Crippen LogP contribution in [0.5, 0.6) is 0 Å². The zero-order chi connectivity index (χ0) is 13.4. The number of aliphatic carboxylic acids is 1. The zero-order valence-corrected chi connectivity index (χ0v) is 9.98. The van der Waals surface area contributed by atoms with Crippen LogP contribution in [0.25, 0.3) is 0 Å². The second kappa shape index (κ2) is 7.13. The first-order valence-corrected chi connectivity index (χ1v) is 5.66. The molecule has 0 atom stereocenters. The molecule has 94 valence electrons. The second-order valence-corrected chi connectivity index (χ2v) is 3.89. The third-order valence-corrected chi connectivity index (χ3v) is 2.31. The lowest BCUT2D eigenvalue weighted by Gasteiger charge is -1.99. The van der Waals surface area contributed by atoms with Gasteiger partial charge in [0.15, 0.2) is 0 Å². The molecule has 0 unspecified atom stereocenters.